The predicted molar refractivity (Wildman–Crippen MR) is 69.7 cm³/mol. The number of ether oxygens (including phenoxy) is 1. The van der Waals surface area contributed by atoms with Crippen molar-refractivity contribution in [3.63, 3.8) is 0 Å². The number of rotatable bonds is 3. The third kappa shape index (κ3) is 2.69. The molecule has 0 aromatic carbocycles. The smallest absolute Gasteiger partial charge is 0.356 e. The molecule has 0 saturated carbocycles. The Labute approximate surface area is 112 Å². The van der Waals surface area contributed by atoms with Gasteiger partial charge >= 0.3 is 5.97 Å². The van der Waals surface area contributed by atoms with Crippen molar-refractivity contribution in [1.29, 1.82) is 0 Å². The van der Waals surface area contributed by atoms with E-state index in [1.165, 1.54) is 0 Å². The molecule has 2 rings (SSSR count). The Morgan fingerprint density at radius 2 is 2.37 bits per heavy atom. The number of ketones is 1. The zero-order valence-corrected chi connectivity index (χ0v) is 11.6. The Morgan fingerprint density at radius 3 is 3.00 bits per heavy atom. The van der Waals surface area contributed by atoms with Crippen molar-refractivity contribution in [2.24, 2.45) is 11.1 Å². The predicted octanol–water partition coefficient (Wildman–Crippen LogP) is 2.01. The summed E-state index contributed by atoms with van der Waals surface area (Å²) in [7, 11) is 0. The van der Waals surface area contributed by atoms with Gasteiger partial charge in [-0.3, -0.25) is 4.79 Å². The molecule has 19 heavy (non-hydrogen) atoms. The van der Waals surface area contributed by atoms with Crippen LogP contribution in [0, 0.1) is 5.92 Å². The van der Waals surface area contributed by atoms with Crippen molar-refractivity contribution in [1.82, 2.24) is 0 Å². The number of Topliss-reactive ketones (excluding diaryl/α,β-unsaturated/α-hetero) is 1. The first kappa shape index (κ1) is 13.8. The molecule has 5 nitrogen and oxygen atoms in total. The van der Waals surface area contributed by atoms with Gasteiger partial charge in [-0.2, -0.15) is 0 Å². The van der Waals surface area contributed by atoms with Crippen molar-refractivity contribution in [3.8, 4) is 0 Å². The lowest BCUT2D eigenvalue weighted by atomic mass is 9.76. The van der Waals surface area contributed by atoms with Crippen LogP contribution in [0.3, 0.4) is 0 Å². The van der Waals surface area contributed by atoms with Gasteiger partial charge in [0.15, 0.2) is 11.5 Å². The van der Waals surface area contributed by atoms with Gasteiger partial charge < -0.3 is 9.57 Å². The highest BCUT2D eigenvalue weighted by molar-refractivity contribution is 6.36. The fraction of sp³-hybridized carbons (Fsp3) is 0.643. The third-order valence-electron chi connectivity index (χ3n) is 3.84. The topological polar surface area (TPSA) is 65.0 Å². The maximum absolute atomic E-state index is 11.8. The highest BCUT2D eigenvalue weighted by Crippen LogP contribution is 2.38. The molecule has 5 heteroatoms. The van der Waals surface area contributed by atoms with E-state index in [9.17, 15) is 9.59 Å². The Morgan fingerprint density at radius 1 is 1.63 bits per heavy atom. The zero-order valence-electron chi connectivity index (χ0n) is 11.6. The van der Waals surface area contributed by atoms with Gasteiger partial charge in [-0.1, -0.05) is 11.2 Å². The van der Waals surface area contributed by atoms with E-state index in [0.717, 1.165) is 12.0 Å². The molecule has 1 unspecified atom stereocenters. The second-order valence-corrected chi connectivity index (χ2v) is 5.29. The lowest BCUT2D eigenvalue weighted by Gasteiger charge is -2.32. The number of nitrogens with zero attached hydrogens (tertiary/aromatic N) is 1. The van der Waals surface area contributed by atoms with E-state index in [2.05, 4.69) is 5.16 Å². The number of hydrogen-bond acceptors (Lipinski definition) is 5. The van der Waals surface area contributed by atoms with Crippen molar-refractivity contribution < 1.29 is 19.2 Å². The summed E-state index contributed by atoms with van der Waals surface area (Å²) in [6.07, 6.45) is 3.56. The quantitative estimate of drug-likeness (QED) is 0.732. The molecule has 0 bridgehead atoms. The molecule has 0 aromatic heterocycles. The lowest BCUT2D eigenvalue weighted by Crippen LogP contribution is -2.38. The van der Waals surface area contributed by atoms with Crippen LogP contribution < -0.4 is 0 Å². The molecule has 0 aromatic rings. The van der Waals surface area contributed by atoms with E-state index in [1.807, 2.05) is 19.9 Å². The summed E-state index contributed by atoms with van der Waals surface area (Å²) in [6.45, 7) is 5.80. The van der Waals surface area contributed by atoms with E-state index in [0.29, 0.717) is 25.2 Å². The van der Waals surface area contributed by atoms with Gasteiger partial charge in [0, 0.05) is 18.8 Å². The first-order chi connectivity index (χ1) is 8.96. The van der Waals surface area contributed by atoms with Crippen LogP contribution >= 0.6 is 0 Å². The Bertz CT molecular complexity index is 466. The molecule has 104 valence electrons. The second kappa shape index (κ2) is 5.15. The second-order valence-electron chi connectivity index (χ2n) is 5.29. The third-order valence-corrected chi connectivity index (χ3v) is 3.84. The Hall–Kier alpha value is -1.65. The molecule has 0 spiro atoms. The number of hydrogen-bond donors (Lipinski definition) is 0. The molecule has 2 aliphatic rings. The molecule has 1 aliphatic heterocycles. The van der Waals surface area contributed by atoms with Crippen LogP contribution in [0.2, 0.25) is 0 Å². The van der Waals surface area contributed by atoms with Crippen molar-refractivity contribution in [3.05, 3.63) is 11.6 Å². The molecule has 0 fully saturated rings. The summed E-state index contributed by atoms with van der Waals surface area (Å²) in [5, 5.41) is 3.84. The highest BCUT2D eigenvalue weighted by atomic mass is 16.7. The van der Waals surface area contributed by atoms with Crippen LogP contribution in [-0.4, -0.2) is 29.7 Å². The highest BCUT2D eigenvalue weighted by Gasteiger charge is 2.45. The van der Waals surface area contributed by atoms with Crippen LogP contribution in [0.4, 0.5) is 0 Å². The van der Waals surface area contributed by atoms with Crippen molar-refractivity contribution in [2.75, 3.05) is 6.61 Å². The van der Waals surface area contributed by atoms with Gasteiger partial charge in [-0.05, 0) is 32.8 Å². The number of esters is 1. The monoisotopic (exact) mass is 265 g/mol. The molecule has 0 radical (unpaired) electrons. The normalized spacial score (nSPS) is 30.5. The molecule has 0 amide bonds. The van der Waals surface area contributed by atoms with Crippen LogP contribution in [0.1, 0.15) is 40.0 Å². The average Bonchev–Trinajstić information content (AvgIpc) is 2.77. The molecule has 0 saturated heterocycles. The summed E-state index contributed by atoms with van der Waals surface area (Å²) in [4.78, 5) is 28.8. The molecule has 1 aliphatic carbocycles. The molecule has 2 atom stereocenters. The SMILES string of the molecule is CCOC(=O)C1=NOC(C)([C@H]2CC=C(C)C(=O)C2)C1. The zero-order chi connectivity index (χ0) is 14.0. The summed E-state index contributed by atoms with van der Waals surface area (Å²) in [6, 6.07) is 0. The minimum absolute atomic E-state index is 0.0550. The van der Waals surface area contributed by atoms with Crippen LogP contribution in [0.5, 0.6) is 0 Å². The van der Waals surface area contributed by atoms with Crippen LogP contribution in [0.25, 0.3) is 0 Å². The maximum Gasteiger partial charge on any atom is 0.356 e. The van der Waals surface area contributed by atoms with Gasteiger partial charge in [0.2, 0.25) is 0 Å². The standard InChI is InChI=1S/C14H19NO4/c1-4-18-13(17)11-8-14(3,19-15-11)10-6-5-9(2)12(16)7-10/h5,10H,4,6-8H2,1-3H3/t10-,14?/m0/s1. The largest absolute Gasteiger partial charge is 0.461 e. The summed E-state index contributed by atoms with van der Waals surface area (Å²) in [5.74, 6) is -0.231. The van der Waals surface area contributed by atoms with Gasteiger partial charge in [-0.25, -0.2) is 4.79 Å². The van der Waals surface area contributed by atoms with Gasteiger partial charge in [0.05, 0.1) is 6.61 Å². The van der Waals surface area contributed by atoms with E-state index < -0.39 is 11.6 Å². The fourth-order valence-corrected chi connectivity index (χ4v) is 2.47. The summed E-state index contributed by atoms with van der Waals surface area (Å²) < 4.78 is 4.92. The number of carbonyl (C=O) groups is 2. The van der Waals surface area contributed by atoms with Crippen molar-refractivity contribution in [2.45, 2.75) is 45.6 Å². The van der Waals surface area contributed by atoms with Gasteiger partial charge in [0.1, 0.15) is 5.60 Å². The van der Waals surface area contributed by atoms with Crippen LogP contribution in [0.15, 0.2) is 16.8 Å². The fourth-order valence-electron chi connectivity index (χ4n) is 2.47. The van der Waals surface area contributed by atoms with Gasteiger partial charge in [0.25, 0.3) is 0 Å². The summed E-state index contributed by atoms with van der Waals surface area (Å²) >= 11 is 0. The first-order valence-electron chi connectivity index (χ1n) is 6.58. The summed E-state index contributed by atoms with van der Waals surface area (Å²) in [5.41, 5.74) is 0.530. The van der Waals surface area contributed by atoms with Gasteiger partial charge in [-0.15, -0.1) is 0 Å². The molecular weight excluding hydrogens is 246 g/mol. The molecular formula is C14H19NO4. The minimum Gasteiger partial charge on any atom is -0.461 e. The number of carbonyl (C=O) groups excluding carboxylic acids is 2. The van der Waals surface area contributed by atoms with E-state index in [-0.39, 0.29) is 11.7 Å². The Balaban J connectivity index is 2.04. The number of oxime groups is 1. The van der Waals surface area contributed by atoms with E-state index >= 15 is 0 Å². The average molecular weight is 265 g/mol. The minimum atomic E-state index is -0.588. The lowest BCUT2D eigenvalue weighted by molar-refractivity contribution is -0.135. The van der Waals surface area contributed by atoms with Crippen LogP contribution in [-0.2, 0) is 19.2 Å². The van der Waals surface area contributed by atoms with Crippen molar-refractivity contribution >= 4 is 17.5 Å². The number of allylic oxidation sites excluding steroid dienone is 2. The Kier molecular flexibility index (Phi) is 3.73. The van der Waals surface area contributed by atoms with E-state index in [4.69, 9.17) is 9.57 Å². The van der Waals surface area contributed by atoms with E-state index in [1.54, 1.807) is 6.92 Å². The maximum atomic E-state index is 11.8. The first-order valence-corrected chi connectivity index (χ1v) is 6.58. The molecule has 1 heterocycles. The molecule has 0 N–H and O–H groups in total.